The molecule has 1 aliphatic rings. The molecule has 1 aliphatic heterocycles. The second-order valence-corrected chi connectivity index (χ2v) is 7.34. The predicted molar refractivity (Wildman–Crippen MR) is 85.1 cm³/mol. The van der Waals surface area contributed by atoms with E-state index in [-0.39, 0.29) is 5.91 Å². The van der Waals surface area contributed by atoms with Gasteiger partial charge in [0.1, 0.15) is 0 Å². The summed E-state index contributed by atoms with van der Waals surface area (Å²) in [6, 6.07) is 5.44. The molecule has 0 aromatic heterocycles. The first-order chi connectivity index (χ1) is 9.91. The molecule has 5 nitrogen and oxygen atoms in total. The number of aryl methyl sites for hydroxylation is 1. The molecule has 0 saturated heterocycles. The number of hydrogen-bond donors (Lipinski definition) is 1. The number of carbonyl (C=O) groups is 1. The highest BCUT2D eigenvalue weighted by Gasteiger charge is 2.24. The maximum absolute atomic E-state index is 11.8. The Hall–Kier alpha value is -1.56. The SMILES string of the molecule is CCCCC(=O)Nc1ccc2c(c1)CCCN2S(C)(=O)=O. The van der Waals surface area contributed by atoms with Gasteiger partial charge in [0.15, 0.2) is 0 Å². The van der Waals surface area contributed by atoms with Crippen molar-refractivity contribution in [3.05, 3.63) is 23.8 Å². The monoisotopic (exact) mass is 310 g/mol. The van der Waals surface area contributed by atoms with Crippen molar-refractivity contribution in [3.63, 3.8) is 0 Å². The van der Waals surface area contributed by atoms with Crippen LogP contribution in [0, 0.1) is 0 Å². The van der Waals surface area contributed by atoms with Gasteiger partial charge in [-0.05, 0) is 43.0 Å². The van der Waals surface area contributed by atoms with Gasteiger partial charge in [-0.25, -0.2) is 8.42 Å². The molecule has 116 valence electrons. The van der Waals surface area contributed by atoms with Crippen LogP contribution in [0.4, 0.5) is 11.4 Å². The minimum atomic E-state index is -3.24. The van der Waals surface area contributed by atoms with Crippen molar-refractivity contribution < 1.29 is 13.2 Å². The Morgan fingerprint density at radius 2 is 2.14 bits per heavy atom. The Morgan fingerprint density at radius 1 is 1.38 bits per heavy atom. The van der Waals surface area contributed by atoms with Crippen LogP contribution in [-0.2, 0) is 21.2 Å². The standard InChI is InChI=1S/C15H22N2O3S/c1-3-4-7-15(18)16-13-8-9-14-12(11-13)6-5-10-17(14)21(2,19)20/h8-9,11H,3-7,10H2,1-2H3,(H,16,18). The molecule has 1 amide bonds. The van der Waals surface area contributed by atoms with E-state index in [9.17, 15) is 13.2 Å². The van der Waals surface area contributed by atoms with Crippen LogP contribution in [0.2, 0.25) is 0 Å². The van der Waals surface area contributed by atoms with Crippen LogP contribution in [0.1, 0.15) is 38.2 Å². The quantitative estimate of drug-likeness (QED) is 0.909. The highest BCUT2D eigenvalue weighted by Crippen LogP contribution is 2.31. The van der Waals surface area contributed by atoms with Crippen LogP contribution in [0.25, 0.3) is 0 Å². The molecule has 0 aliphatic carbocycles. The third-order valence-corrected chi connectivity index (χ3v) is 4.78. The highest BCUT2D eigenvalue weighted by molar-refractivity contribution is 7.92. The molecule has 0 saturated carbocycles. The van der Waals surface area contributed by atoms with Gasteiger partial charge in [-0.3, -0.25) is 9.10 Å². The van der Waals surface area contributed by atoms with E-state index in [2.05, 4.69) is 5.32 Å². The van der Waals surface area contributed by atoms with Crippen LogP contribution >= 0.6 is 0 Å². The van der Waals surface area contributed by atoms with Crippen molar-refractivity contribution >= 4 is 27.3 Å². The Labute approximate surface area is 126 Å². The minimum absolute atomic E-state index is 0.00702. The molecule has 0 fully saturated rings. The summed E-state index contributed by atoms with van der Waals surface area (Å²) < 4.78 is 25.0. The number of sulfonamides is 1. The average Bonchev–Trinajstić information content (AvgIpc) is 2.43. The molecular weight excluding hydrogens is 288 g/mol. The van der Waals surface area contributed by atoms with E-state index in [1.54, 1.807) is 12.1 Å². The molecule has 0 spiro atoms. The summed E-state index contributed by atoms with van der Waals surface area (Å²) >= 11 is 0. The maximum Gasteiger partial charge on any atom is 0.232 e. The van der Waals surface area contributed by atoms with E-state index < -0.39 is 10.0 Å². The molecule has 0 atom stereocenters. The Kier molecular flexibility index (Phi) is 4.88. The van der Waals surface area contributed by atoms with Gasteiger partial charge in [0.2, 0.25) is 15.9 Å². The Balaban J connectivity index is 2.18. The minimum Gasteiger partial charge on any atom is -0.326 e. The summed E-state index contributed by atoms with van der Waals surface area (Å²) in [5.74, 6) is 0.00702. The summed E-state index contributed by atoms with van der Waals surface area (Å²) in [4.78, 5) is 11.7. The lowest BCUT2D eigenvalue weighted by molar-refractivity contribution is -0.116. The molecule has 1 aromatic carbocycles. The molecule has 0 radical (unpaired) electrons. The number of carbonyl (C=O) groups excluding carboxylic acids is 1. The first kappa shape index (κ1) is 15.8. The topological polar surface area (TPSA) is 66.5 Å². The fourth-order valence-corrected chi connectivity index (χ4v) is 3.54. The summed E-state index contributed by atoms with van der Waals surface area (Å²) in [5.41, 5.74) is 2.44. The second-order valence-electron chi connectivity index (χ2n) is 5.43. The van der Waals surface area contributed by atoms with Crippen LogP contribution in [0.3, 0.4) is 0 Å². The second kappa shape index (κ2) is 6.47. The van der Waals surface area contributed by atoms with E-state index in [4.69, 9.17) is 0 Å². The highest BCUT2D eigenvalue weighted by atomic mass is 32.2. The van der Waals surface area contributed by atoms with E-state index in [0.717, 1.165) is 42.6 Å². The van der Waals surface area contributed by atoms with Crippen LogP contribution in [0.5, 0.6) is 0 Å². The van der Waals surface area contributed by atoms with Crippen LogP contribution in [-0.4, -0.2) is 27.1 Å². The van der Waals surface area contributed by atoms with Gasteiger partial charge in [0.25, 0.3) is 0 Å². The van der Waals surface area contributed by atoms with Crippen molar-refractivity contribution in [1.82, 2.24) is 0 Å². The fraction of sp³-hybridized carbons (Fsp3) is 0.533. The number of fused-ring (bicyclic) bond motifs is 1. The van der Waals surface area contributed by atoms with Crippen LogP contribution in [0.15, 0.2) is 18.2 Å². The Morgan fingerprint density at radius 3 is 2.81 bits per heavy atom. The third kappa shape index (κ3) is 3.97. The van der Waals surface area contributed by atoms with Gasteiger partial charge in [-0.15, -0.1) is 0 Å². The lowest BCUT2D eigenvalue weighted by atomic mass is 10.0. The normalized spacial score (nSPS) is 14.7. The largest absolute Gasteiger partial charge is 0.326 e. The molecular formula is C15H22N2O3S. The number of anilines is 2. The number of unbranched alkanes of at least 4 members (excludes halogenated alkanes) is 1. The van der Waals surface area contributed by atoms with Gasteiger partial charge in [0, 0.05) is 18.7 Å². The first-order valence-corrected chi connectivity index (χ1v) is 9.17. The van der Waals surface area contributed by atoms with Gasteiger partial charge in [-0.2, -0.15) is 0 Å². The number of rotatable bonds is 5. The summed E-state index contributed by atoms with van der Waals surface area (Å²) in [7, 11) is -3.24. The average molecular weight is 310 g/mol. The Bertz CT molecular complexity index is 626. The summed E-state index contributed by atoms with van der Waals surface area (Å²) in [6.07, 6.45) is 5.23. The third-order valence-electron chi connectivity index (χ3n) is 3.60. The zero-order valence-electron chi connectivity index (χ0n) is 12.6. The number of amides is 1. The lowest BCUT2D eigenvalue weighted by Gasteiger charge is -2.29. The number of nitrogens with one attached hydrogen (secondary N) is 1. The summed E-state index contributed by atoms with van der Waals surface area (Å²) in [6.45, 7) is 2.57. The number of benzene rings is 1. The first-order valence-electron chi connectivity index (χ1n) is 7.32. The van der Waals surface area contributed by atoms with Gasteiger partial charge in [0.05, 0.1) is 11.9 Å². The fourth-order valence-electron chi connectivity index (χ4n) is 2.55. The van der Waals surface area contributed by atoms with Gasteiger partial charge < -0.3 is 5.32 Å². The van der Waals surface area contributed by atoms with Crippen molar-refractivity contribution in [3.8, 4) is 0 Å². The molecule has 1 aromatic rings. The maximum atomic E-state index is 11.8. The van der Waals surface area contributed by atoms with E-state index in [0.29, 0.717) is 13.0 Å². The molecule has 0 bridgehead atoms. The van der Waals surface area contributed by atoms with E-state index in [1.807, 2.05) is 13.0 Å². The van der Waals surface area contributed by atoms with Crippen molar-refractivity contribution in [2.45, 2.75) is 39.0 Å². The molecule has 0 unspecified atom stereocenters. The zero-order chi connectivity index (χ0) is 15.5. The van der Waals surface area contributed by atoms with Gasteiger partial charge >= 0.3 is 0 Å². The molecule has 1 N–H and O–H groups in total. The molecule has 1 heterocycles. The molecule has 6 heteroatoms. The number of hydrogen-bond acceptors (Lipinski definition) is 3. The zero-order valence-corrected chi connectivity index (χ0v) is 13.4. The number of nitrogens with zero attached hydrogens (tertiary/aromatic N) is 1. The van der Waals surface area contributed by atoms with Crippen LogP contribution < -0.4 is 9.62 Å². The van der Waals surface area contributed by atoms with Crippen molar-refractivity contribution in [2.75, 3.05) is 22.4 Å². The van der Waals surface area contributed by atoms with E-state index >= 15 is 0 Å². The van der Waals surface area contributed by atoms with Crippen molar-refractivity contribution in [2.24, 2.45) is 0 Å². The summed E-state index contributed by atoms with van der Waals surface area (Å²) in [5, 5.41) is 2.87. The smallest absolute Gasteiger partial charge is 0.232 e. The molecule has 21 heavy (non-hydrogen) atoms. The lowest BCUT2D eigenvalue weighted by Crippen LogP contribution is -2.34. The van der Waals surface area contributed by atoms with Gasteiger partial charge in [-0.1, -0.05) is 13.3 Å². The van der Waals surface area contributed by atoms with E-state index in [1.165, 1.54) is 10.6 Å². The van der Waals surface area contributed by atoms with Crippen molar-refractivity contribution in [1.29, 1.82) is 0 Å². The predicted octanol–water partition coefficient (Wildman–Crippen LogP) is 2.53. The molecule has 2 rings (SSSR count).